The first-order chi connectivity index (χ1) is 11.0. The minimum Gasteiger partial charge on any atom is -0.493 e. The Hall–Kier alpha value is -2.95. The van der Waals surface area contributed by atoms with Gasteiger partial charge in [0.05, 0.1) is 18.4 Å². The van der Waals surface area contributed by atoms with Gasteiger partial charge in [0, 0.05) is 16.6 Å². The fourth-order valence-corrected chi connectivity index (χ4v) is 2.54. The van der Waals surface area contributed by atoms with Gasteiger partial charge < -0.3 is 9.15 Å². The Bertz CT molecular complexity index is 972. The predicted molar refractivity (Wildman–Crippen MR) is 87.0 cm³/mol. The second kappa shape index (κ2) is 5.68. The van der Waals surface area contributed by atoms with Crippen LogP contribution in [0.5, 0.6) is 5.75 Å². The Balaban J connectivity index is 2.21. The number of Topliss-reactive ketones (excluding diaryl/α,β-unsaturated/α-hetero) is 1. The molecule has 5 heteroatoms. The number of rotatable bonds is 3. The van der Waals surface area contributed by atoms with Crippen LogP contribution in [-0.4, -0.2) is 17.9 Å². The summed E-state index contributed by atoms with van der Waals surface area (Å²) >= 11 is 0. The third-order valence-electron chi connectivity index (χ3n) is 3.68. The topological polar surface area (TPSA) is 69.4 Å². The lowest BCUT2D eigenvalue weighted by Gasteiger charge is -2.07. The van der Waals surface area contributed by atoms with Crippen LogP contribution in [0.1, 0.15) is 23.0 Å². The molecule has 0 amide bonds. The van der Waals surface area contributed by atoms with E-state index in [4.69, 9.17) is 9.15 Å². The zero-order chi connectivity index (χ0) is 16.6. The van der Waals surface area contributed by atoms with Gasteiger partial charge in [-0.15, -0.1) is 0 Å². The first-order valence-electron chi connectivity index (χ1n) is 7.11. The number of pyridine rings is 1. The molecule has 0 spiro atoms. The molecule has 23 heavy (non-hydrogen) atoms. The van der Waals surface area contributed by atoms with E-state index in [-0.39, 0.29) is 5.78 Å². The van der Waals surface area contributed by atoms with Crippen LogP contribution >= 0.6 is 0 Å². The first-order valence-corrected chi connectivity index (χ1v) is 7.11. The van der Waals surface area contributed by atoms with Crippen molar-refractivity contribution in [2.45, 2.75) is 13.8 Å². The van der Waals surface area contributed by atoms with Crippen molar-refractivity contribution in [3.63, 3.8) is 0 Å². The van der Waals surface area contributed by atoms with Crippen LogP contribution in [0.15, 0.2) is 45.6 Å². The average Bonchev–Trinajstić information content (AvgIpc) is 2.53. The molecule has 0 N–H and O–H groups in total. The molecule has 3 aromatic rings. The summed E-state index contributed by atoms with van der Waals surface area (Å²) in [7, 11) is 1.52. The molecule has 0 saturated heterocycles. The normalized spacial score (nSPS) is 10.7. The maximum absolute atomic E-state index is 12.3. The molecule has 0 aliphatic heterocycles. The van der Waals surface area contributed by atoms with Gasteiger partial charge in [-0.3, -0.25) is 9.78 Å². The smallest absolute Gasteiger partial charge is 0.345 e. The molecule has 0 aliphatic carbocycles. The number of carbonyl (C=O) groups is 1. The number of ether oxygens (including phenoxy) is 1. The number of aromatic nitrogens is 1. The molecular weight excluding hydrogens is 294 g/mol. The molecule has 0 bridgehead atoms. The number of fused-ring (bicyclic) bond motifs is 1. The summed E-state index contributed by atoms with van der Waals surface area (Å²) in [6.07, 6.45) is 0. The van der Waals surface area contributed by atoms with Crippen molar-refractivity contribution in [1.29, 1.82) is 0 Å². The first kappa shape index (κ1) is 15.0. The van der Waals surface area contributed by atoms with Crippen LogP contribution in [-0.2, 0) is 0 Å². The summed E-state index contributed by atoms with van der Waals surface area (Å²) in [5.41, 5.74) is 1.86. The second-order valence-electron chi connectivity index (χ2n) is 5.21. The molecule has 0 aliphatic rings. The van der Waals surface area contributed by atoms with E-state index in [9.17, 15) is 9.59 Å². The maximum Gasteiger partial charge on any atom is 0.345 e. The summed E-state index contributed by atoms with van der Waals surface area (Å²) in [6, 6.07) is 10.4. The number of benzene rings is 1. The van der Waals surface area contributed by atoms with E-state index in [2.05, 4.69) is 4.98 Å². The molecule has 2 heterocycles. The van der Waals surface area contributed by atoms with E-state index in [0.717, 1.165) is 5.39 Å². The quantitative estimate of drug-likeness (QED) is 0.548. The van der Waals surface area contributed by atoms with Gasteiger partial charge in [0.2, 0.25) is 0 Å². The third-order valence-corrected chi connectivity index (χ3v) is 3.68. The molecule has 0 fully saturated rings. The fraction of sp³-hybridized carbons (Fsp3) is 0.167. The highest BCUT2D eigenvalue weighted by molar-refractivity contribution is 5.95. The SMILES string of the molecule is COc1cccc2cc(-c3ccc(C(C)=O)c(C)n3)c(=O)oc12. The lowest BCUT2D eigenvalue weighted by molar-refractivity contribution is 0.101. The van der Waals surface area contributed by atoms with Gasteiger partial charge >= 0.3 is 5.63 Å². The number of aryl methyl sites for hydroxylation is 1. The van der Waals surface area contributed by atoms with Crippen molar-refractivity contribution in [2.24, 2.45) is 0 Å². The fourth-order valence-electron chi connectivity index (χ4n) is 2.54. The van der Waals surface area contributed by atoms with Gasteiger partial charge in [0.1, 0.15) is 0 Å². The van der Waals surface area contributed by atoms with E-state index in [1.54, 1.807) is 31.2 Å². The zero-order valence-electron chi connectivity index (χ0n) is 13.0. The number of hydrogen-bond acceptors (Lipinski definition) is 5. The highest BCUT2D eigenvalue weighted by Crippen LogP contribution is 2.27. The predicted octanol–water partition coefficient (Wildman–Crippen LogP) is 3.37. The largest absolute Gasteiger partial charge is 0.493 e. The van der Waals surface area contributed by atoms with Gasteiger partial charge in [0.25, 0.3) is 0 Å². The number of hydrogen-bond donors (Lipinski definition) is 0. The van der Waals surface area contributed by atoms with Crippen molar-refractivity contribution >= 4 is 16.8 Å². The lowest BCUT2D eigenvalue weighted by atomic mass is 10.1. The summed E-state index contributed by atoms with van der Waals surface area (Å²) in [5, 5.41) is 0.744. The molecule has 3 rings (SSSR count). The highest BCUT2D eigenvalue weighted by Gasteiger charge is 2.13. The zero-order valence-corrected chi connectivity index (χ0v) is 13.0. The standard InChI is InChI=1S/C18H15NO4/c1-10-13(11(2)20)7-8-15(19-10)14-9-12-5-4-6-16(22-3)17(12)23-18(14)21/h4-9H,1-3H3. The van der Waals surface area contributed by atoms with E-state index in [1.807, 2.05) is 12.1 Å². The Morgan fingerprint density at radius 1 is 1.22 bits per heavy atom. The molecule has 116 valence electrons. The number of carbonyl (C=O) groups excluding carboxylic acids is 1. The monoisotopic (exact) mass is 309 g/mol. The second-order valence-corrected chi connectivity index (χ2v) is 5.21. The van der Waals surface area contributed by atoms with E-state index in [0.29, 0.717) is 33.8 Å². The van der Waals surface area contributed by atoms with Crippen molar-refractivity contribution in [3.8, 4) is 17.0 Å². The lowest BCUT2D eigenvalue weighted by Crippen LogP contribution is -2.06. The number of para-hydroxylation sites is 1. The Morgan fingerprint density at radius 3 is 2.65 bits per heavy atom. The van der Waals surface area contributed by atoms with Crippen LogP contribution in [0.25, 0.3) is 22.2 Å². The van der Waals surface area contributed by atoms with Crippen molar-refractivity contribution in [1.82, 2.24) is 4.98 Å². The van der Waals surface area contributed by atoms with Gasteiger partial charge in [-0.25, -0.2) is 4.79 Å². The summed E-state index contributed by atoms with van der Waals surface area (Å²) < 4.78 is 10.6. The third kappa shape index (κ3) is 2.61. The Labute approximate surface area is 132 Å². The highest BCUT2D eigenvalue weighted by atomic mass is 16.5. The van der Waals surface area contributed by atoms with Crippen LogP contribution in [0.2, 0.25) is 0 Å². The number of nitrogens with zero attached hydrogens (tertiary/aromatic N) is 1. The summed E-state index contributed by atoms with van der Waals surface area (Å²) in [4.78, 5) is 28.2. The molecule has 5 nitrogen and oxygen atoms in total. The van der Waals surface area contributed by atoms with E-state index < -0.39 is 5.63 Å². The molecule has 0 saturated carbocycles. The molecule has 1 aromatic carbocycles. The summed E-state index contributed by atoms with van der Waals surface area (Å²) in [6.45, 7) is 3.23. The van der Waals surface area contributed by atoms with E-state index >= 15 is 0 Å². The molecule has 0 radical (unpaired) electrons. The molecule has 0 atom stereocenters. The van der Waals surface area contributed by atoms with Crippen LogP contribution in [0.4, 0.5) is 0 Å². The summed E-state index contributed by atoms with van der Waals surface area (Å²) in [5.74, 6) is 0.444. The van der Waals surface area contributed by atoms with Crippen LogP contribution in [0.3, 0.4) is 0 Å². The van der Waals surface area contributed by atoms with Crippen molar-refractivity contribution in [3.05, 3.63) is 58.1 Å². The van der Waals surface area contributed by atoms with Gasteiger partial charge in [-0.1, -0.05) is 12.1 Å². The van der Waals surface area contributed by atoms with Crippen LogP contribution < -0.4 is 10.4 Å². The van der Waals surface area contributed by atoms with Gasteiger partial charge in [0.15, 0.2) is 17.1 Å². The van der Waals surface area contributed by atoms with Crippen molar-refractivity contribution in [2.75, 3.05) is 7.11 Å². The van der Waals surface area contributed by atoms with E-state index in [1.165, 1.54) is 14.0 Å². The maximum atomic E-state index is 12.3. The molecule has 2 aromatic heterocycles. The molecule has 0 unspecified atom stereocenters. The Morgan fingerprint density at radius 2 is 2.00 bits per heavy atom. The minimum atomic E-state index is -0.496. The number of methoxy groups -OCH3 is 1. The minimum absolute atomic E-state index is 0.0585. The van der Waals surface area contributed by atoms with Crippen molar-refractivity contribution < 1.29 is 13.9 Å². The average molecular weight is 309 g/mol. The van der Waals surface area contributed by atoms with Crippen LogP contribution in [0, 0.1) is 6.92 Å². The number of ketones is 1. The van der Waals surface area contributed by atoms with Gasteiger partial charge in [-0.2, -0.15) is 0 Å². The Kier molecular flexibility index (Phi) is 3.70. The molecular formula is C18H15NO4. The van der Waals surface area contributed by atoms with Gasteiger partial charge in [-0.05, 0) is 38.1 Å².